The quantitative estimate of drug-likeness (QED) is 0.746. The van der Waals surface area contributed by atoms with Crippen molar-refractivity contribution in [3.05, 3.63) is 36.0 Å². The number of aliphatic hydroxyl groups is 2. The van der Waals surface area contributed by atoms with Crippen molar-refractivity contribution in [2.24, 2.45) is 28.6 Å². The van der Waals surface area contributed by atoms with Gasteiger partial charge < -0.3 is 10.2 Å². The molecule has 0 aliphatic heterocycles. The van der Waals surface area contributed by atoms with Crippen molar-refractivity contribution in [1.82, 2.24) is 0 Å². The Bertz CT molecular complexity index is 762. The molecule has 4 heteroatoms. The molecule has 4 nitrogen and oxygen atoms in total. The number of aliphatic hydroxyl groups excluding tert-OH is 1. The fourth-order valence-electron chi connectivity index (χ4n) is 6.75. The molecule has 3 saturated carbocycles. The summed E-state index contributed by atoms with van der Waals surface area (Å²) in [5, 5.41) is 21.0. The second-order valence-electron chi connectivity index (χ2n) is 9.20. The van der Waals surface area contributed by atoms with Gasteiger partial charge in [-0.2, -0.15) is 0 Å². The van der Waals surface area contributed by atoms with Gasteiger partial charge in [-0.3, -0.25) is 9.59 Å². The van der Waals surface area contributed by atoms with Crippen LogP contribution in [0.1, 0.15) is 46.0 Å². The highest BCUT2D eigenvalue weighted by molar-refractivity contribution is 6.01. The summed E-state index contributed by atoms with van der Waals surface area (Å²) in [5.41, 5.74) is -0.626. The summed E-state index contributed by atoms with van der Waals surface area (Å²) >= 11 is 0. The van der Waals surface area contributed by atoms with Crippen LogP contribution in [0.5, 0.6) is 0 Å². The lowest BCUT2D eigenvalue weighted by molar-refractivity contribution is -0.152. The number of ketones is 2. The van der Waals surface area contributed by atoms with E-state index in [-0.39, 0.29) is 41.3 Å². The monoisotopic (exact) mass is 356 g/mol. The number of fused-ring (bicyclic) bond motifs is 5. The van der Waals surface area contributed by atoms with Gasteiger partial charge in [-0.05, 0) is 55.2 Å². The van der Waals surface area contributed by atoms with Crippen molar-refractivity contribution in [3.63, 3.8) is 0 Å². The van der Waals surface area contributed by atoms with Crippen LogP contribution in [0.15, 0.2) is 36.0 Å². The maximum Gasteiger partial charge on any atom is 0.178 e. The molecule has 0 saturated heterocycles. The molecule has 0 aromatic heterocycles. The van der Waals surface area contributed by atoms with Gasteiger partial charge in [0.15, 0.2) is 5.78 Å². The van der Waals surface area contributed by atoms with Crippen molar-refractivity contribution in [1.29, 1.82) is 0 Å². The van der Waals surface area contributed by atoms with E-state index < -0.39 is 11.0 Å². The van der Waals surface area contributed by atoms with E-state index >= 15 is 0 Å². The maximum absolute atomic E-state index is 13.4. The van der Waals surface area contributed by atoms with Gasteiger partial charge in [-0.25, -0.2) is 0 Å². The number of carbonyl (C=O) groups is 2. The Morgan fingerprint density at radius 1 is 1.31 bits per heavy atom. The molecule has 6 unspecified atom stereocenters. The largest absolute Gasteiger partial charge is 0.392 e. The van der Waals surface area contributed by atoms with Crippen molar-refractivity contribution >= 4 is 11.6 Å². The van der Waals surface area contributed by atoms with Gasteiger partial charge in [0.2, 0.25) is 0 Å². The fraction of sp³-hybridized carbons (Fsp3) is 0.636. The van der Waals surface area contributed by atoms with E-state index in [1.54, 1.807) is 12.2 Å². The minimum atomic E-state index is -1.18. The fourth-order valence-corrected chi connectivity index (χ4v) is 6.75. The van der Waals surface area contributed by atoms with Crippen LogP contribution < -0.4 is 0 Å². The second kappa shape index (κ2) is 5.49. The van der Waals surface area contributed by atoms with E-state index in [9.17, 15) is 19.8 Å². The molecular weight excluding hydrogens is 328 g/mol. The third-order valence-corrected chi connectivity index (χ3v) is 8.18. The Morgan fingerprint density at radius 3 is 2.73 bits per heavy atom. The number of hydrogen-bond donors (Lipinski definition) is 2. The van der Waals surface area contributed by atoms with Crippen molar-refractivity contribution < 1.29 is 19.8 Å². The molecule has 3 fully saturated rings. The van der Waals surface area contributed by atoms with Crippen LogP contribution in [0, 0.1) is 28.6 Å². The highest BCUT2D eigenvalue weighted by Gasteiger charge is 2.66. The van der Waals surface area contributed by atoms with E-state index in [2.05, 4.69) is 13.5 Å². The molecular formula is C22H28O4. The van der Waals surface area contributed by atoms with Crippen molar-refractivity contribution in [2.75, 3.05) is 6.61 Å². The smallest absolute Gasteiger partial charge is 0.178 e. The summed E-state index contributed by atoms with van der Waals surface area (Å²) in [6.45, 7) is 7.76. The molecule has 6 atom stereocenters. The first-order valence-corrected chi connectivity index (χ1v) is 9.66. The van der Waals surface area contributed by atoms with Gasteiger partial charge in [0.1, 0.15) is 5.78 Å². The molecule has 26 heavy (non-hydrogen) atoms. The van der Waals surface area contributed by atoms with Gasteiger partial charge in [0.25, 0.3) is 0 Å². The number of hydrogen-bond acceptors (Lipinski definition) is 4. The number of rotatable bonds is 2. The Hall–Kier alpha value is -1.52. The normalized spacial score (nSPS) is 47.1. The Morgan fingerprint density at radius 2 is 2.04 bits per heavy atom. The third kappa shape index (κ3) is 2.03. The van der Waals surface area contributed by atoms with Crippen LogP contribution in [-0.4, -0.2) is 34.0 Å². The first kappa shape index (κ1) is 17.9. The van der Waals surface area contributed by atoms with Gasteiger partial charge >= 0.3 is 0 Å². The van der Waals surface area contributed by atoms with Crippen LogP contribution >= 0.6 is 0 Å². The standard InChI is InChI=1S/C22H28O4/c1-13(12-23)22(26)9-7-17-16-5-4-14-10-15(24)6-8-20(14,2)19(16)18(25)11-21(17,22)3/h6,8,10,16-17,19,23,26H,1,4-5,7,9,11-12H2,2-3H3. The zero-order chi connectivity index (χ0) is 18.9. The van der Waals surface area contributed by atoms with Crippen LogP contribution in [-0.2, 0) is 9.59 Å². The summed E-state index contributed by atoms with van der Waals surface area (Å²) in [5.74, 6) is 0.477. The Labute approximate surface area is 154 Å². The molecule has 0 aromatic rings. The summed E-state index contributed by atoms with van der Waals surface area (Å²) in [6.07, 6.45) is 8.67. The summed E-state index contributed by atoms with van der Waals surface area (Å²) < 4.78 is 0. The molecule has 140 valence electrons. The summed E-state index contributed by atoms with van der Waals surface area (Å²) in [4.78, 5) is 25.2. The predicted octanol–water partition coefficient (Wildman–Crippen LogP) is 2.75. The van der Waals surface area contributed by atoms with Gasteiger partial charge in [0, 0.05) is 23.2 Å². The average Bonchev–Trinajstić information content (AvgIpc) is 2.86. The predicted molar refractivity (Wildman–Crippen MR) is 98.2 cm³/mol. The molecule has 0 bridgehead atoms. The average molecular weight is 356 g/mol. The summed E-state index contributed by atoms with van der Waals surface area (Å²) in [7, 11) is 0. The summed E-state index contributed by atoms with van der Waals surface area (Å²) in [6, 6.07) is 0. The number of Topliss-reactive ketones (excluding diaryl/α,β-unsaturated/α-hetero) is 1. The van der Waals surface area contributed by atoms with Crippen molar-refractivity contribution in [2.45, 2.75) is 51.6 Å². The lowest BCUT2D eigenvalue weighted by Crippen LogP contribution is -2.58. The minimum Gasteiger partial charge on any atom is -0.392 e. The first-order chi connectivity index (χ1) is 12.2. The second-order valence-corrected chi connectivity index (χ2v) is 9.20. The van der Waals surface area contributed by atoms with Crippen molar-refractivity contribution in [3.8, 4) is 0 Å². The van der Waals surface area contributed by atoms with E-state index in [1.807, 2.05) is 13.0 Å². The lowest BCUT2D eigenvalue weighted by atomic mass is 9.46. The van der Waals surface area contributed by atoms with Crippen LogP contribution in [0.2, 0.25) is 0 Å². The molecule has 0 amide bonds. The van der Waals surface area contributed by atoms with Gasteiger partial charge in [0.05, 0.1) is 12.2 Å². The lowest BCUT2D eigenvalue weighted by Gasteiger charge is -2.57. The number of allylic oxidation sites excluding steroid dienone is 4. The SMILES string of the molecule is C=C(CO)C1(O)CCC2C3CCC4=CC(=O)C=CC4(C)C3C(=O)CC21C. The van der Waals surface area contributed by atoms with E-state index in [0.29, 0.717) is 18.4 Å². The Balaban J connectivity index is 1.76. The zero-order valence-electron chi connectivity index (χ0n) is 15.6. The molecule has 2 N–H and O–H groups in total. The zero-order valence-corrected chi connectivity index (χ0v) is 15.6. The van der Waals surface area contributed by atoms with E-state index in [0.717, 1.165) is 24.8 Å². The van der Waals surface area contributed by atoms with E-state index in [1.165, 1.54) is 0 Å². The topological polar surface area (TPSA) is 74.6 Å². The molecule has 0 heterocycles. The van der Waals surface area contributed by atoms with Gasteiger partial charge in [-0.15, -0.1) is 0 Å². The Kier molecular flexibility index (Phi) is 3.78. The number of carbonyl (C=O) groups excluding carboxylic acids is 2. The highest BCUT2D eigenvalue weighted by Crippen LogP contribution is 2.66. The molecule has 4 aliphatic carbocycles. The molecule has 4 rings (SSSR count). The van der Waals surface area contributed by atoms with Crippen LogP contribution in [0.25, 0.3) is 0 Å². The molecule has 0 spiro atoms. The van der Waals surface area contributed by atoms with Crippen LogP contribution in [0.3, 0.4) is 0 Å². The van der Waals surface area contributed by atoms with Crippen LogP contribution in [0.4, 0.5) is 0 Å². The minimum absolute atomic E-state index is 0.0125. The van der Waals surface area contributed by atoms with Gasteiger partial charge in [-0.1, -0.05) is 32.1 Å². The maximum atomic E-state index is 13.4. The molecule has 0 radical (unpaired) electrons. The first-order valence-electron chi connectivity index (χ1n) is 9.66. The highest BCUT2D eigenvalue weighted by atomic mass is 16.3. The van der Waals surface area contributed by atoms with E-state index in [4.69, 9.17) is 0 Å². The third-order valence-electron chi connectivity index (χ3n) is 8.18. The molecule has 0 aromatic carbocycles. The molecule has 4 aliphatic rings.